The van der Waals surface area contributed by atoms with Crippen LogP contribution in [0.5, 0.6) is 0 Å². The highest BCUT2D eigenvalue weighted by atomic mass is 16.6. The number of alkyl carbamates (subject to hydrolysis) is 1. The van der Waals surface area contributed by atoms with Crippen LogP contribution in [0.25, 0.3) is 0 Å². The maximum absolute atomic E-state index is 11.4. The SMILES string of the molecule is CCOC(=O)/C=C/[C@H](C)NC(=O)OC(C)(C)C. The first kappa shape index (κ1) is 15.5. The van der Waals surface area contributed by atoms with Gasteiger partial charge in [-0.05, 0) is 34.6 Å². The predicted molar refractivity (Wildman–Crippen MR) is 64.6 cm³/mol. The highest BCUT2D eigenvalue weighted by Gasteiger charge is 2.16. The number of ether oxygens (including phenoxy) is 2. The lowest BCUT2D eigenvalue weighted by atomic mass is 10.2. The molecule has 0 bridgehead atoms. The van der Waals surface area contributed by atoms with Crippen LogP contribution in [-0.2, 0) is 14.3 Å². The molecule has 1 atom stereocenters. The van der Waals surface area contributed by atoms with Crippen LogP contribution in [0.4, 0.5) is 4.79 Å². The molecule has 0 rings (SSSR count). The Morgan fingerprint density at radius 1 is 1.35 bits per heavy atom. The zero-order valence-corrected chi connectivity index (χ0v) is 11.1. The number of rotatable bonds is 4. The van der Waals surface area contributed by atoms with E-state index in [1.165, 1.54) is 6.08 Å². The molecule has 0 unspecified atom stereocenters. The summed E-state index contributed by atoms with van der Waals surface area (Å²) >= 11 is 0. The van der Waals surface area contributed by atoms with Crippen molar-refractivity contribution in [3.63, 3.8) is 0 Å². The summed E-state index contributed by atoms with van der Waals surface area (Å²) in [7, 11) is 0. The molecule has 0 aromatic carbocycles. The minimum absolute atomic E-state index is 0.297. The van der Waals surface area contributed by atoms with Gasteiger partial charge in [0, 0.05) is 12.1 Å². The minimum Gasteiger partial charge on any atom is -0.463 e. The zero-order chi connectivity index (χ0) is 13.5. The molecule has 0 radical (unpaired) electrons. The van der Waals surface area contributed by atoms with E-state index >= 15 is 0 Å². The third-order valence-corrected chi connectivity index (χ3v) is 1.55. The molecule has 0 aliphatic rings. The fourth-order valence-electron chi connectivity index (χ4n) is 0.955. The first-order chi connectivity index (χ1) is 7.74. The Hall–Kier alpha value is -1.52. The van der Waals surface area contributed by atoms with E-state index in [2.05, 4.69) is 5.32 Å². The van der Waals surface area contributed by atoms with Gasteiger partial charge in [0.05, 0.1) is 6.61 Å². The molecule has 5 nitrogen and oxygen atoms in total. The monoisotopic (exact) mass is 243 g/mol. The van der Waals surface area contributed by atoms with Crippen LogP contribution >= 0.6 is 0 Å². The molecule has 0 fully saturated rings. The van der Waals surface area contributed by atoms with Crippen molar-refractivity contribution in [3.05, 3.63) is 12.2 Å². The average Bonchev–Trinajstić information content (AvgIpc) is 2.12. The molecule has 0 heterocycles. The quantitative estimate of drug-likeness (QED) is 0.606. The van der Waals surface area contributed by atoms with Crippen molar-refractivity contribution < 1.29 is 19.1 Å². The summed E-state index contributed by atoms with van der Waals surface area (Å²) < 4.78 is 9.77. The maximum Gasteiger partial charge on any atom is 0.408 e. The summed E-state index contributed by atoms with van der Waals surface area (Å²) in [4.78, 5) is 22.4. The Morgan fingerprint density at radius 3 is 2.41 bits per heavy atom. The van der Waals surface area contributed by atoms with Crippen LogP contribution in [0.15, 0.2) is 12.2 Å². The third kappa shape index (κ3) is 9.41. The van der Waals surface area contributed by atoms with Gasteiger partial charge in [-0.1, -0.05) is 6.08 Å². The van der Waals surface area contributed by atoms with Crippen LogP contribution in [0.1, 0.15) is 34.6 Å². The van der Waals surface area contributed by atoms with Gasteiger partial charge >= 0.3 is 12.1 Å². The molecule has 5 heteroatoms. The van der Waals surface area contributed by atoms with Crippen molar-refractivity contribution in [1.82, 2.24) is 5.32 Å². The fraction of sp³-hybridized carbons (Fsp3) is 0.667. The highest BCUT2D eigenvalue weighted by Crippen LogP contribution is 2.06. The normalized spacial score (nSPS) is 13.2. The third-order valence-electron chi connectivity index (χ3n) is 1.55. The van der Waals surface area contributed by atoms with Gasteiger partial charge in [0.1, 0.15) is 5.60 Å². The van der Waals surface area contributed by atoms with Gasteiger partial charge in [-0.3, -0.25) is 0 Å². The van der Waals surface area contributed by atoms with E-state index in [1.807, 2.05) is 0 Å². The van der Waals surface area contributed by atoms with Crippen LogP contribution in [0.3, 0.4) is 0 Å². The Morgan fingerprint density at radius 2 is 1.94 bits per heavy atom. The first-order valence-corrected chi connectivity index (χ1v) is 5.59. The van der Waals surface area contributed by atoms with Gasteiger partial charge in [0.25, 0.3) is 0 Å². The van der Waals surface area contributed by atoms with Gasteiger partial charge in [-0.15, -0.1) is 0 Å². The molecule has 0 aromatic rings. The number of carbonyl (C=O) groups excluding carboxylic acids is 2. The Labute approximate surface area is 102 Å². The molecule has 1 N–H and O–H groups in total. The lowest BCUT2D eigenvalue weighted by Crippen LogP contribution is -2.36. The topological polar surface area (TPSA) is 64.6 Å². The van der Waals surface area contributed by atoms with Crippen molar-refractivity contribution in [2.75, 3.05) is 6.61 Å². The van der Waals surface area contributed by atoms with E-state index in [0.717, 1.165) is 0 Å². The summed E-state index contributed by atoms with van der Waals surface area (Å²) in [5.74, 6) is -0.426. The first-order valence-electron chi connectivity index (χ1n) is 5.59. The van der Waals surface area contributed by atoms with Crippen LogP contribution in [0.2, 0.25) is 0 Å². The number of esters is 1. The number of hydrogen-bond acceptors (Lipinski definition) is 4. The second kappa shape index (κ2) is 6.93. The molecule has 0 aliphatic heterocycles. The molecule has 0 saturated heterocycles. The summed E-state index contributed by atoms with van der Waals surface area (Å²) in [6, 6.07) is -0.297. The maximum atomic E-state index is 11.4. The molecule has 0 aliphatic carbocycles. The van der Waals surface area contributed by atoms with Gasteiger partial charge < -0.3 is 14.8 Å². The van der Waals surface area contributed by atoms with E-state index in [0.29, 0.717) is 6.61 Å². The van der Waals surface area contributed by atoms with Gasteiger partial charge in [0.15, 0.2) is 0 Å². The molecule has 17 heavy (non-hydrogen) atoms. The Bertz CT molecular complexity index is 291. The van der Waals surface area contributed by atoms with Crippen molar-refractivity contribution in [2.24, 2.45) is 0 Å². The molecule has 0 aromatic heterocycles. The van der Waals surface area contributed by atoms with E-state index in [1.54, 1.807) is 40.7 Å². The van der Waals surface area contributed by atoms with E-state index in [4.69, 9.17) is 9.47 Å². The number of carbonyl (C=O) groups is 2. The second-order valence-electron chi connectivity index (χ2n) is 4.55. The van der Waals surface area contributed by atoms with Crippen molar-refractivity contribution in [1.29, 1.82) is 0 Å². The van der Waals surface area contributed by atoms with Gasteiger partial charge in [-0.25, -0.2) is 9.59 Å². The fourth-order valence-corrected chi connectivity index (χ4v) is 0.955. The van der Waals surface area contributed by atoms with E-state index in [9.17, 15) is 9.59 Å². The lowest BCUT2D eigenvalue weighted by molar-refractivity contribution is -0.137. The lowest BCUT2D eigenvalue weighted by Gasteiger charge is -2.20. The summed E-state index contributed by atoms with van der Waals surface area (Å²) in [5.41, 5.74) is -0.533. The van der Waals surface area contributed by atoms with Crippen molar-refractivity contribution in [2.45, 2.75) is 46.3 Å². The smallest absolute Gasteiger partial charge is 0.408 e. The standard InChI is InChI=1S/C12H21NO4/c1-6-16-10(14)8-7-9(2)13-11(15)17-12(3,4)5/h7-9H,6H2,1-5H3,(H,13,15)/b8-7+/t9-/m0/s1. The minimum atomic E-state index is -0.533. The zero-order valence-electron chi connectivity index (χ0n) is 11.1. The molecular formula is C12H21NO4. The van der Waals surface area contributed by atoms with E-state index in [-0.39, 0.29) is 6.04 Å². The largest absolute Gasteiger partial charge is 0.463 e. The average molecular weight is 243 g/mol. The van der Waals surface area contributed by atoms with Crippen molar-refractivity contribution in [3.8, 4) is 0 Å². The summed E-state index contributed by atoms with van der Waals surface area (Å²) in [6.07, 6.45) is 2.31. The number of hydrogen-bond donors (Lipinski definition) is 1. The van der Waals surface area contributed by atoms with Crippen LogP contribution < -0.4 is 5.32 Å². The Kier molecular flexibility index (Phi) is 6.31. The van der Waals surface area contributed by atoms with Gasteiger partial charge in [0.2, 0.25) is 0 Å². The molecule has 0 saturated carbocycles. The van der Waals surface area contributed by atoms with Crippen LogP contribution in [0, 0.1) is 0 Å². The molecule has 0 spiro atoms. The summed E-state index contributed by atoms with van der Waals surface area (Å²) in [5, 5.41) is 2.58. The van der Waals surface area contributed by atoms with E-state index < -0.39 is 17.7 Å². The number of amides is 1. The molecular weight excluding hydrogens is 222 g/mol. The number of nitrogens with one attached hydrogen (secondary N) is 1. The highest BCUT2D eigenvalue weighted by molar-refractivity contribution is 5.82. The summed E-state index contributed by atoms with van der Waals surface area (Å²) in [6.45, 7) is 9.15. The van der Waals surface area contributed by atoms with Crippen molar-refractivity contribution >= 4 is 12.1 Å². The van der Waals surface area contributed by atoms with Crippen LogP contribution in [-0.4, -0.2) is 30.3 Å². The molecule has 1 amide bonds. The molecule has 98 valence electrons. The Balaban J connectivity index is 4.05. The van der Waals surface area contributed by atoms with Gasteiger partial charge in [-0.2, -0.15) is 0 Å². The predicted octanol–water partition coefficient (Wildman–Crippen LogP) is 2.02. The second-order valence-corrected chi connectivity index (χ2v) is 4.55.